The Balaban J connectivity index is 0.00000169. The maximum absolute atomic E-state index is 6.00. The number of fused-ring (bicyclic) bond motifs is 1. The lowest BCUT2D eigenvalue weighted by atomic mass is 9.99. The van der Waals surface area contributed by atoms with E-state index in [1.807, 2.05) is 18.2 Å². The van der Waals surface area contributed by atoms with E-state index in [4.69, 9.17) is 5.73 Å². The Labute approximate surface area is 148 Å². The molecule has 0 saturated carbocycles. The molecule has 24 heavy (non-hydrogen) atoms. The Morgan fingerprint density at radius 3 is 2.67 bits per heavy atom. The summed E-state index contributed by atoms with van der Waals surface area (Å²) in [5, 5.41) is 1.16. The molecular formula is C20H22ClN3. The minimum Gasteiger partial charge on any atom is -0.399 e. The predicted octanol–water partition coefficient (Wildman–Crippen LogP) is 4.54. The normalized spacial score (nSPS) is 17.0. The van der Waals surface area contributed by atoms with Gasteiger partial charge in [0, 0.05) is 41.5 Å². The average Bonchev–Trinajstić information content (AvgIpc) is 3.05. The number of nitrogens with two attached hydrogens (primary N) is 1. The monoisotopic (exact) mass is 339 g/mol. The number of nitrogen functional groups attached to an aromatic ring is 1. The molecule has 1 aliphatic heterocycles. The fourth-order valence-corrected chi connectivity index (χ4v) is 3.59. The third-order valence-electron chi connectivity index (χ3n) is 4.74. The van der Waals surface area contributed by atoms with Crippen LogP contribution in [0, 0.1) is 6.92 Å². The van der Waals surface area contributed by atoms with E-state index >= 15 is 0 Å². The summed E-state index contributed by atoms with van der Waals surface area (Å²) < 4.78 is 0. The highest BCUT2D eigenvalue weighted by Gasteiger charge is 2.25. The van der Waals surface area contributed by atoms with Gasteiger partial charge in [-0.2, -0.15) is 0 Å². The van der Waals surface area contributed by atoms with Crippen LogP contribution >= 0.6 is 12.4 Å². The number of nitrogens with zero attached hydrogens (tertiary/aromatic N) is 2. The van der Waals surface area contributed by atoms with Crippen molar-refractivity contribution in [2.45, 2.75) is 19.3 Å². The predicted molar refractivity (Wildman–Crippen MR) is 104 cm³/mol. The van der Waals surface area contributed by atoms with Crippen molar-refractivity contribution in [2.24, 2.45) is 0 Å². The largest absolute Gasteiger partial charge is 0.399 e. The second kappa shape index (κ2) is 6.70. The molecule has 0 aliphatic carbocycles. The number of hydrogen-bond acceptors (Lipinski definition) is 3. The van der Waals surface area contributed by atoms with Crippen molar-refractivity contribution in [3.8, 4) is 0 Å². The molecule has 4 heteroatoms. The lowest BCUT2D eigenvalue weighted by Crippen LogP contribution is -2.20. The minimum absolute atomic E-state index is 0. The van der Waals surface area contributed by atoms with Crippen molar-refractivity contribution in [2.75, 3.05) is 23.7 Å². The van der Waals surface area contributed by atoms with Crippen LogP contribution in [-0.2, 0) is 0 Å². The number of pyridine rings is 1. The van der Waals surface area contributed by atoms with Crippen LogP contribution in [0.2, 0.25) is 0 Å². The highest BCUT2D eigenvalue weighted by Crippen LogP contribution is 2.35. The lowest BCUT2D eigenvalue weighted by molar-refractivity contribution is 0.775. The zero-order valence-electron chi connectivity index (χ0n) is 13.8. The van der Waals surface area contributed by atoms with Crippen molar-refractivity contribution >= 4 is 34.7 Å². The molecule has 3 aromatic rings. The summed E-state index contributed by atoms with van der Waals surface area (Å²) >= 11 is 0. The van der Waals surface area contributed by atoms with Gasteiger partial charge in [-0.3, -0.25) is 4.98 Å². The SMILES string of the molecule is Cc1cc(N2CCC(c3ccccc3)C2)c2cc(N)ccc2n1.Cl. The van der Waals surface area contributed by atoms with Gasteiger partial charge in [-0.25, -0.2) is 0 Å². The molecule has 0 amide bonds. The third kappa shape index (κ3) is 3.04. The highest BCUT2D eigenvalue weighted by molar-refractivity contribution is 5.94. The molecule has 1 atom stereocenters. The summed E-state index contributed by atoms with van der Waals surface area (Å²) in [5.41, 5.74) is 11.6. The molecule has 1 fully saturated rings. The molecule has 1 aliphatic rings. The number of halogens is 1. The van der Waals surface area contributed by atoms with Crippen molar-refractivity contribution in [1.29, 1.82) is 0 Å². The number of benzene rings is 2. The fraction of sp³-hybridized carbons (Fsp3) is 0.250. The minimum atomic E-state index is 0. The van der Waals surface area contributed by atoms with Gasteiger partial charge in [0.15, 0.2) is 0 Å². The van der Waals surface area contributed by atoms with Crippen molar-refractivity contribution < 1.29 is 0 Å². The van der Waals surface area contributed by atoms with Gasteiger partial charge in [-0.05, 0) is 43.2 Å². The highest BCUT2D eigenvalue weighted by atomic mass is 35.5. The zero-order chi connectivity index (χ0) is 15.8. The maximum atomic E-state index is 6.00. The lowest BCUT2D eigenvalue weighted by Gasteiger charge is -2.21. The number of aryl methyl sites for hydroxylation is 1. The molecule has 0 radical (unpaired) electrons. The summed E-state index contributed by atoms with van der Waals surface area (Å²) in [6, 6.07) is 19.0. The molecule has 3 nitrogen and oxygen atoms in total. The summed E-state index contributed by atoms with van der Waals surface area (Å²) in [4.78, 5) is 7.12. The Hall–Kier alpha value is -2.26. The number of anilines is 2. The van der Waals surface area contributed by atoms with Crippen LogP contribution in [-0.4, -0.2) is 18.1 Å². The van der Waals surface area contributed by atoms with E-state index in [0.29, 0.717) is 5.92 Å². The Morgan fingerprint density at radius 2 is 1.88 bits per heavy atom. The maximum Gasteiger partial charge on any atom is 0.0727 e. The molecule has 0 bridgehead atoms. The molecule has 4 rings (SSSR count). The Kier molecular flexibility index (Phi) is 4.63. The van der Waals surface area contributed by atoms with Crippen LogP contribution in [0.1, 0.15) is 23.6 Å². The first-order valence-electron chi connectivity index (χ1n) is 8.17. The molecule has 1 unspecified atom stereocenters. The van der Waals surface area contributed by atoms with Gasteiger partial charge < -0.3 is 10.6 Å². The summed E-state index contributed by atoms with van der Waals surface area (Å²) in [6.45, 7) is 4.19. The zero-order valence-corrected chi connectivity index (χ0v) is 14.6. The quantitative estimate of drug-likeness (QED) is 0.697. The van der Waals surface area contributed by atoms with Crippen LogP contribution in [0.25, 0.3) is 10.9 Å². The number of aromatic nitrogens is 1. The first kappa shape index (κ1) is 16.6. The standard InChI is InChI=1S/C20H21N3.ClH/c1-14-11-20(18-12-17(21)7-8-19(18)22-14)23-10-9-16(13-23)15-5-3-2-4-6-15;/h2-8,11-12,16H,9-10,13,21H2,1H3;1H. The van der Waals surface area contributed by atoms with E-state index in [-0.39, 0.29) is 12.4 Å². The average molecular weight is 340 g/mol. The van der Waals surface area contributed by atoms with Crippen LogP contribution in [0.5, 0.6) is 0 Å². The van der Waals surface area contributed by atoms with Crippen molar-refractivity contribution in [3.63, 3.8) is 0 Å². The molecule has 2 N–H and O–H groups in total. The van der Waals surface area contributed by atoms with Crippen molar-refractivity contribution in [1.82, 2.24) is 4.98 Å². The van der Waals surface area contributed by atoms with Crippen LogP contribution in [0.3, 0.4) is 0 Å². The number of rotatable bonds is 2. The summed E-state index contributed by atoms with van der Waals surface area (Å²) in [7, 11) is 0. The van der Waals surface area contributed by atoms with E-state index in [1.54, 1.807) is 0 Å². The Bertz CT molecular complexity index is 848. The van der Waals surface area contributed by atoms with E-state index in [0.717, 1.165) is 35.4 Å². The second-order valence-corrected chi connectivity index (χ2v) is 6.40. The molecular weight excluding hydrogens is 318 g/mol. The third-order valence-corrected chi connectivity index (χ3v) is 4.74. The fourth-order valence-electron chi connectivity index (χ4n) is 3.59. The van der Waals surface area contributed by atoms with Gasteiger partial charge in [-0.15, -0.1) is 12.4 Å². The first-order chi connectivity index (χ1) is 11.2. The van der Waals surface area contributed by atoms with E-state index in [1.165, 1.54) is 17.7 Å². The van der Waals surface area contributed by atoms with Gasteiger partial charge >= 0.3 is 0 Å². The first-order valence-corrected chi connectivity index (χ1v) is 8.17. The molecule has 124 valence electrons. The van der Waals surface area contributed by atoms with E-state index in [9.17, 15) is 0 Å². The topological polar surface area (TPSA) is 42.1 Å². The Morgan fingerprint density at radius 1 is 1.08 bits per heavy atom. The van der Waals surface area contributed by atoms with E-state index < -0.39 is 0 Å². The second-order valence-electron chi connectivity index (χ2n) is 6.40. The van der Waals surface area contributed by atoms with Gasteiger partial charge in [0.2, 0.25) is 0 Å². The molecule has 2 aromatic carbocycles. The van der Waals surface area contributed by atoms with Gasteiger partial charge in [-0.1, -0.05) is 30.3 Å². The molecule has 2 heterocycles. The van der Waals surface area contributed by atoms with Gasteiger partial charge in [0.1, 0.15) is 0 Å². The molecule has 1 saturated heterocycles. The van der Waals surface area contributed by atoms with Gasteiger partial charge in [0.05, 0.1) is 5.52 Å². The van der Waals surface area contributed by atoms with Crippen LogP contribution in [0.4, 0.5) is 11.4 Å². The van der Waals surface area contributed by atoms with Crippen LogP contribution in [0.15, 0.2) is 54.6 Å². The molecule has 1 aromatic heterocycles. The smallest absolute Gasteiger partial charge is 0.0727 e. The van der Waals surface area contributed by atoms with Crippen molar-refractivity contribution in [3.05, 3.63) is 65.9 Å². The number of hydrogen-bond donors (Lipinski definition) is 1. The summed E-state index contributed by atoms with van der Waals surface area (Å²) in [6.07, 6.45) is 1.19. The van der Waals surface area contributed by atoms with Crippen LogP contribution < -0.4 is 10.6 Å². The van der Waals surface area contributed by atoms with E-state index in [2.05, 4.69) is 53.2 Å². The summed E-state index contributed by atoms with van der Waals surface area (Å²) in [5.74, 6) is 0.598. The molecule has 0 spiro atoms. The van der Waals surface area contributed by atoms with Gasteiger partial charge in [0.25, 0.3) is 0 Å².